The van der Waals surface area contributed by atoms with E-state index in [0.29, 0.717) is 29.4 Å². The summed E-state index contributed by atoms with van der Waals surface area (Å²) >= 11 is 5.58. The summed E-state index contributed by atoms with van der Waals surface area (Å²) in [5, 5.41) is 7.39. The number of esters is 1. The van der Waals surface area contributed by atoms with Crippen molar-refractivity contribution in [1.29, 1.82) is 0 Å². The molecule has 0 aliphatic rings. The smallest absolute Gasteiger partial charge is 0.356 e. The highest BCUT2D eigenvalue weighted by Crippen LogP contribution is 2.26. The number of alkyl halides is 1. The number of aromatic nitrogens is 2. The van der Waals surface area contributed by atoms with Gasteiger partial charge in [0, 0.05) is 11.3 Å². The number of halogens is 1. The van der Waals surface area contributed by atoms with Gasteiger partial charge in [-0.25, -0.2) is 4.79 Å². The maximum Gasteiger partial charge on any atom is 0.356 e. The second kappa shape index (κ2) is 11.4. The summed E-state index contributed by atoms with van der Waals surface area (Å²) in [6.45, 7) is 2.33. The van der Waals surface area contributed by atoms with Gasteiger partial charge in [0.05, 0.1) is 18.8 Å². The van der Waals surface area contributed by atoms with E-state index in [1.807, 2.05) is 72.8 Å². The topological polar surface area (TPSA) is 82.4 Å². The van der Waals surface area contributed by atoms with Crippen LogP contribution >= 0.6 is 11.6 Å². The van der Waals surface area contributed by atoms with Crippen LogP contribution < -0.4 is 10.1 Å². The molecule has 0 aliphatic carbocycles. The van der Waals surface area contributed by atoms with Gasteiger partial charge >= 0.3 is 5.97 Å². The van der Waals surface area contributed by atoms with Crippen molar-refractivity contribution in [2.24, 2.45) is 0 Å². The quantitative estimate of drug-likeness (QED) is 0.239. The molecule has 4 aromatic rings. The van der Waals surface area contributed by atoms with Gasteiger partial charge in [-0.3, -0.25) is 9.48 Å². The van der Waals surface area contributed by atoms with E-state index in [2.05, 4.69) is 10.4 Å². The first-order valence-corrected chi connectivity index (χ1v) is 11.6. The van der Waals surface area contributed by atoms with Gasteiger partial charge in [-0.2, -0.15) is 5.10 Å². The highest BCUT2D eigenvalue weighted by molar-refractivity contribution is 6.29. The summed E-state index contributed by atoms with van der Waals surface area (Å²) < 4.78 is 12.7. The standard InChI is InChI=1S/C27H24ClN3O4/c1-2-34-27(33)25-16-24(20-11-13-23(14-12-20)35-22-9-4-3-5-10-22)30-31(25)18-19-7-6-8-21(15-19)29-26(32)17-28/h3-16H,2,17-18H2,1H3,(H,29,32). The second-order valence-electron chi connectivity index (χ2n) is 7.61. The molecule has 1 heterocycles. The van der Waals surface area contributed by atoms with Crippen LogP contribution in [-0.4, -0.2) is 34.1 Å². The van der Waals surface area contributed by atoms with Gasteiger partial charge in [0.1, 0.15) is 23.1 Å². The molecule has 1 N–H and O–H groups in total. The number of rotatable bonds is 9. The van der Waals surface area contributed by atoms with Crippen LogP contribution in [-0.2, 0) is 16.1 Å². The molecule has 0 saturated carbocycles. The van der Waals surface area contributed by atoms with Crippen molar-refractivity contribution in [2.45, 2.75) is 13.5 Å². The van der Waals surface area contributed by atoms with Gasteiger partial charge in [0.15, 0.2) is 0 Å². The largest absolute Gasteiger partial charge is 0.461 e. The lowest BCUT2D eigenvalue weighted by Crippen LogP contribution is -2.15. The summed E-state index contributed by atoms with van der Waals surface area (Å²) in [5.74, 6) is 0.563. The van der Waals surface area contributed by atoms with E-state index in [1.165, 1.54) is 0 Å². The van der Waals surface area contributed by atoms with Gasteiger partial charge < -0.3 is 14.8 Å². The molecule has 1 amide bonds. The molecular weight excluding hydrogens is 466 g/mol. The first-order valence-electron chi connectivity index (χ1n) is 11.1. The van der Waals surface area contributed by atoms with E-state index in [4.69, 9.17) is 21.1 Å². The lowest BCUT2D eigenvalue weighted by molar-refractivity contribution is -0.113. The van der Waals surface area contributed by atoms with Crippen LogP contribution in [0, 0.1) is 0 Å². The SMILES string of the molecule is CCOC(=O)c1cc(-c2ccc(Oc3ccccc3)cc2)nn1Cc1cccc(NC(=O)CCl)c1. The zero-order valence-electron chi connectivity index (χ0n) is 19.1. The van der Waals surface area contributed by atoms with Crippen molar-refractivity contribution in [3.8, 4) is 22.8 Å². The molecule has 8 heteroatoms. The Labute approximate surface area is 208 Å². The molecule has 7 nitrogen and oxygen atoms in total. The van der Waals surface area contributed by atoms with E-state index in [0.717, 1.165) is 16.9 Å². The third kappa shape index (κ3) is 6.28. The van der Waals surface area contributed by atoms with Crippen molar-refractivity contribution in [2.75, 3.05) is 17.8 Å². The van der Waals surface area contributed by atoms with Crippen molar-refractivity contribution in [3.63, 3.8) is 0 Å². The Kier molecular flexibility index (Phi) is 7.80. The Balaban J connectivity index is 1.58. The van der Waals surface area contributed by atoms with Crippen LogP contribution in [0.3, 0.4) is 0 Å². The zero-order valence-corrected chi connectivity index (χ0v) is 19.9. The van der Waals surface area contributed by atoms with Crippen molar-refractivity contribution >= 4 is 29.2 Å². The van der Waals surface area contributed by atoms with Gasteiger partial charge in [0.25, 0.3) is 0 Å². The van der Waals surface area contributed by atoms with E-state index >= 15 is 0 Å². The molecular formula is C27H24ClN3O4. The highest BCUT2D eigenvalue weighted by atomic mass is 35.5. The van der Waals surface area contributed by atoms with Crippen LogP contribution in [0.5, 0.6) is 11.5 Å². The fraction of sp³-hybridized carbons (Fsp3) is 0.148. The maximum absolute atomic E-state index is 12.6. The number of para-hydroxylation sites is 1. The van der Waals surface area contributed by atoms with Gasteiger partial charge in [-0.1, -0.05) is 30.3 Å². The molecule has 0 radical (unpaired) electrons. The van der Waals surface area contributed by atoms with E-state index in [1.54, 1.807) is 23.7 Å². The summed E-state index contributed by atoms with van der Waals surface area (Å²) in [6.07, 6.45) is 0. The van der Waals surface area contributed by atoms with Gasteiger partial charge in [-0.15, -0.1) is 11.6 Å². The minimum Gasteiger partial charge on any atom is -0.461 e. The molecule has 178 valence electrons. The molecule has 0 aliphatic heterocycles. The monoisotopic (exact) mass is 489 g/mol. The van der Waals surface area contributed by atoms with Crippen LogP contribution in [0.1, 0.15) is 23.0 Å². The molecule has 0 atom stereocenters. The molecule has 35 heavy (non-hydrogen) atoms. The molecule has 3 aromatic carbocycles. The second-order valence-corrected chi connectivity index (χ2v) is 7.88. The third-order valence-electron chi connectivity index (χ3n) is 5.06. The molecule has 4 rings (SSSR count). The van der Waals surface area contributed by atoms with Crippen LogP contribution in [0.2, 0.25) is 0 Å². The molecule has 1 aromatic heterocycles. The number of hydrogen-bond donors (Lipinski definition) is 1. The third-order valence-corrected chi connectivity index (χ3v) is 5.30. The van der Waals surface area contributed by atoms with Crippen LogP contribution in [0.4, 0.5) is 5.69 Å². The Morgan fingerprint density at radius 1 is 0.943 bits per heavy atom. The number of carbonyl (C=O) groups excluding carboxylic acids is 2. The number of ether oxygens (including phenoxy) is 2. The lowest BCUT2D eigenvalue weighted by Gasteiger charge is -2.09. The van der Waals surface area contributed by atoms with E-state index in [-0.39, 0.29) is 18.4 Å². The normalized spacial score (nSPS) is 10.6. The van der Waals surface area contributed by atoms with E-state index in [9.17, 15) is 9.59 Å². The predicted octanol–water partition coefficient (Wildman–Crippen LogP) is 5.74. The fourth-order valence-electron chi connectivity index (χ4n) is 3.48. The van der Waals surface area contributed by atoms with Crippen molar-refractivity contribution in [1.82, 2.24) is 9.78 Å². The average molecular weight is 490 g/mol. The summed E-state index contributed by atoms with van der Waals surface area (Å²) in [5.41, 5.74) is 3.27. The first-order chi connectivity index (χ1) is 17.1. The highest BCUT2D eigenvalue weighted by Gasteiger charge is 2.18. The molecule has 0 spiro atoms. The Bertz CT molecular complexity index is 1300. The van der Waals surface area contributed by atoms with E-state index < -0.39 is 5.97 Å². The summed E-state index contributed by atoms with van der Waals surface area (Å²) in [4.78, 5) is 24.3. The molecule has 0 fully saturated rings. The van der Waals surface area contributed by atoms with Crippen LogP contribution in [0.25, 0.3) is 11.3 Å². The number of anilines is 1. The number of benzene rings is 3. The number of hydrogen-bond acceptors (Lipinski definition) is 5. The van der Waals surface area contributed by atoms with Gasteiger partial charge in [0.2, 0.25) is 5.91 Å². The Morgan fingerprint density at radius 2 is 1.69 bits per heavy atom. The fourth-order valence-corrected chi connectivity index (χ4v) is 3.55. The number of nitrogens with one attached hydrogen (secondary N) is 1. The minimum absolute atomic E-state index is 0.130. The Hall–Kier alpha value is -4.10. The summed E-state index contributed by atoms with van der Waals surface area (Å²) in [7, 11) is 0. The van der Waals surface area contributed by atoms with Gasteiger partial charge in [-0.05, 0) is 67.1 Å². The zero-order chi connectivity index (χ0) is 24.6. The predicted molar refractivity (Wildman–Crippen MR) is 135 cm³/mol. The number of carbonyl (C=O) groups is 2. The van der Waals surface area contributed by atoms with Crippen LogP contribution in [0.15, 0.2) is 84.9 Å². The first kappa shape index (κ1) is 24.0. The molecule has 0 bridgehead atoms. The lowest BCUT2D eigenvalue weighted by atomic mass is 10.1. The number of amides is 1. The van der Waals surface area contributed by atoms with Crippen molar-refractivity contribution in [3.05, 3.63) is 96.2 Å². The van der Waals surface area contributed by atoms with Crippen molar-refractivity contribution < 1.29 is 19.1 Å². The average Bonchev–Trinajstić information content (AvgIpc) is 3.29. The maximum atomic E-state index is 12.6. The molecule has 0 saturated heterocycles. The Morgan fingerprint density at radius 3 is 2.40 bits per heavy atom. The minimum atomic E-state index is -0.457. The molecule has 0 unspecified atom stereocenters. The summed E-state index contributed by atoms with van der Waals surface area (Å²) in [6, 6.07) is 26.0. The number of nitrogens with zero attached hydrogens (tertiary/aromatic N) is 2.